The van der Waals surface area contributed by atoms with Crippen molar-refractivity contribution in [3.63, 3.8) is 0 Å². The Hall–Kier alpha value is -3.17. The molecular formula is C14H12ClF3N8O3S. The zero-order valence-electron chi connectivity index (χ0n) is 15.1. The van der Waals surface area contributed by atoms with E-state index in [1.54, 1.807) is 6.92 Å². The fourth-order valence-electron chi connectivity index (χ4n) is 2.24. The van der Waals surface area contributed by atoms with Crippen molar-refractivity contribution in [2.45, 2.75) is 13.3 Å². The Morgan fingerprint density at radius 2 is 2.00 bits per heavy atom. The zero-order valence-corrected chi connectivity index (χ0v) is 16.7. The first kappa shape index (κ1) is 21.5. The summed E-state index contributed by atoms with van der Waals surface area (Å²) in [6.45, 7) is 1.55. The smallest absolute Gasteiger partial charge is 0.404 e. The van der Waals surface area contributed by atoms with Gasteiger partial charge in [0.1, 0.15) is 5.69 Å². The molecule has 0 atom stereocenters. The molecule has 0 saturated heterocycles. The number of hydrazone groups is 1. The Labute approximate surface area is 175 Å². The van der Waals surface area contributed by atoms with Crippen molar-refractivity contribution in [3.05, 3.63) is 33.3 Å². The zero-order chi connectivity index (χ0) is 22.1. The third-order valence-corrected chi connectivity index (χ3v) is 4.63. The Bertz CT molecular complexity index is 1030. The number of guanidine groups is 1. The number of rotatable bonds is 4. The van der Waals surface area contributed by atoms with Gasteiger partial charge in [-0.15, -0.1) is 28.9 Å². The molecule has 4 N–H and O–H groups in total. The molecule has 1 aromatic heterocycles. The third-order valence-electron chi connectivity index (χ3n) is 3.60. The van der Waals surface area contributed by atoms with Crippen LogP contribution in [-0.2, 0) is 0 Å². The molecule has 0 aliphatic carbocycles. The van der Waals surface area contributed by atoms with Crippen molar-refractivity contribution in [3.8, 4) is 5.75 Å². The number of hydrogen-bond donors (Lipinski definition) is 4. The molecule has 1 aromatic carbocycles. The molecule has 1 aliphatic rings. The molecule has 1 aliphatic heterocycles. The predicted octanol–water partition coefficient (Wildman–Crippen LogP) is 1.61. The average molecular weight is 465 g/mol. The van der Waals surface area contributed by atoms with E-state index in [2.05, 4.69) is 41.1 Å². The number of amides is 2. The summed E-state index contributed by atoms with van der Waals surface area (Å²) in [7, 11) is 1.54. The maximum atomic E-state index is 12.8. The van der Waals surface area contributed by atoms with Gasteiger partial charge in [-0.25, -0.2) is 5.53 Å². The highest BCUT2D eigenvalue weighted by molar-refractivity contribution is 7.05. The lowest BCUT2D eigenvalue weighted by molar-refractivity contribution is -0.274. The summed E-state index contributed by atoms with van der Waals surface area (Å²) >= 11 is 7.09. The quantitative estimate of drug-likeness (QED) is 0.536. The molecule has 160 valence electrons. The minimum Gasteiger partial charge on any atom is -0.404 e. The molecule has 0 saturated carbocycles. The van der Waals surface area contributed by atoms with Gasteiger partial charge in [0.2, 0.25) is 5.96 Å². The summed E-state index contributed by atoms with van der Waals surface area (Å²) in [6, 6.07) is 1.87. The van der Waals surface area contributed by atoms with Crippen LogP contribution in [0, 0.1) is 6.92 Å². The molecule has 2 aromatic rings. The highest BCUT2D eigenvalue weighted by atomic mass is 35.5. The number of aromatic nitrogens is 2. The number of nitrogens with one attached hydrogen (secondary N) is 4. The number of alkyl halides is 3. The average Bonchev–Trinajstić information content (AvgIpc) is 3.25. The fourth-order valence-corrected chi connectivity index (χ4v) is 2.99. The van der Waals surface area contributed by atoms with Crippen LogP contribution in [-0.4, -0.2) is 45.8 Å². The topological polar surface area (TPSA) is 133 Å². The highest BCUT2D eigenvalue weighted by Gasteiger charge is 2.34. The van der Waals surface area contributed by atoms with Crippen molar-refractivity contribution in [1.82, 2.24) is 31.0 Å². The van der Waals surface area contributed by atoms with Crippen LogP contribution >= 0.6 is 23.1 Å². The highest BCUT2D eigenvalue weighted by Crippen LogP contribution is 2.38. The number of nitrogens with zero attached hydrogens (tertiary/aromatic N) is 4. The van der Waals surface area contributed by atoms with Crippen molar-refractivity contribution in [2.75, 3.05) is 12.4 Å². The van der Waals surface area contributed by atoms with Crippen molar-refractivity contribution in [1.29, 1.82) is 0 Å². The Morgan fingerprint density at radius 1 is 1.27 bits per heavy atom. The minimum absolute atomic E-state index is 0.0708. The van der Waals surface area contributed by atoms with Crippen LogP contribution in [0.1, 0.15) is 25.7 Å². The van der Waals surface area contributed by atoms with Crippen molar-refractivity contribution < 1.29 is 27.5 Å². The van der Waals surface area contributed by atoms with Gasteiger partial charge >= 0.3 is 6.36 Å². The van der Waals surface area contributed by atoms with Crippen LogP contribution in [0.4, 0.5) is 18.9 Å². The maximum absolute atomic E-state index is 12.8. The fraction of sp³-hybridized carbons (Fsp3) is 0.214. The Balaban J connectivity index is 1.96. The second kappa shape index (κ2) is 8.29. The number of ether oxygens (including phenoxy) is 1. The first-order valence-electron chi connectivity index (χ1n) is 7.89. The first-order chi connectivity index (χ1) is 14.1. The molecule has 0 spiro atoms. The summed E-state index contributed by atoms with van der Waals surface area (Å²) in [5, 5.41) is 12.8. The SMILES string of the molecule is Cc1snnc1C(=O)Nc1c(OC(F)(F)F)ccc(C(=O)NC2=NNNN2C)c1Cl. The molecule has 11 nitrogen and oxygen atoms in total. The third kappa shape index (κ3) is 4.69. The molecule has 0 fully saturated rings. The molecule has 0 unspecified atom stereocenters. The predicted molar refractivity (Wildman–Crippen MR) is 99.7 cm³/mol. The normalized spacial score (nSPS) is 13.5. The first-order valence-corrected chi connectivity index (χ1v) is 9.04. The van der Waals surface area contributed by atoms with Gasteiger partial charge in [-0.1, -0.05) is 16.1 Å². The molecule has 30 heavy (non-hydrogen) atoms. The van der Waals surface area contributed by atoms with E-state index >= 15 is 0 Å². The molecule has 2 heterocycles. The van der Waals surface area contributed by atoms with E-state index in [0.717, 1.165) is 23.7 Å². The van der Waals surface area contributed by atoms with Gasteiger partial charge in [-0.2, -0.15) is 0 Å². The summed E-state index contributed by atoms with van der Waals surface area (Å²) in [5.41, 5.74) is 4.04. The van der Waals surface area contributed by atoms with Crippen molar-refractivity contribution >= 4 is 46.6 Å². The van der Waals surface area contributed by atoms with Crippen LogP contribution in [0.25, 0.3) is 0 Å². The number of halogens is 4. The molecule has 2 amide bonds. The largest absolute Gasteiger partial charge is 0.573 e. The van der Waals surface area contributed by atoms with E-state index < -0.39 is 34.6 Å². The Morgan fingerprint density at radius 3 is 2.57 bits per heavy atom. The molecular weight excluding hydrogens is 453 g/mol. The van der Waals surface area contributed by atoms with E-state index in [9.17, 15) is 22.8 Å². The van der Waals surface area contributed by atoms with E-state index in [1.807, 2.05) is 0 Å². The second-order valence-electron chi connectivity index (χ2n) is 5.65. The number of anilines is 1. The van der Waals surface area contributed by atoms with E-state index in [0.29, 0.717) is 4.88 Å². The monoisotopic (exact) mass is 464 g/mol. The molecule has 0 bridgehead atoms. The van der Waals surface area contributed by atoms with Gasteiger partial charge in [0, 0.05) is 7.05 Å². The second-order valence-corrected chi connectivity index (χ2v) is 6.99. The maximum Gasteiger partial charge on any atom is 0.573 e. The Kier molecular flexibility index (Phi) is 5.95. The summed E-state index contributed by atoms with van der Waals surface area (Å²) in [4.78, 5) is 25.4. The van der Waals surface area contributed by atoms with Crippen LogP contribution < -0.4 is 26.4 Å². The van der Waals surface area contributed by atoms with E-state index in [4.69, 9.17) is 11.6 Å². The van der Waals surface area contributed by atoms with Crippen LogP contribution in [0.2, 0.25) is 5.02 Å². The van der Waals surface area contributed by atoms with E-state index in [-0.39, 0.29) is 17.2 Å². The van der Waals surface area contributed by atoms with Gasteiger partial charge < -0.3 is 10.1 Å². The number of benzene rings is 1. The van der Waals surface area contributed by atoms with Crippen LogP contribution in [0.15, 0.2) is 17.2 Å². The molecule has 16 heteroatoms. The van der Waals surface area contributed by atoms with Crippen LogP contribution in [0.3, 0.4) is 0 Å². The van der Waals surface area contributed by atoms with Gasteiger partial charge in [0.25, 0.3) is 11.8 Å². The summed E-state index contributed by atoms with van der Waals surface area (Å²) < 4.78 is 45.9. The van der Waals surface area contributed by atoms with Crippen molar-refractivity contribution in [2.24, 2.45) is 5.10 Å². The summed E-state index contributed by atoms with van der Waals surface area (Å²) in [5.74, 6) is -2.41. The lowest BCUT2D eigenvalue weighted by atomic mass is 10.1. The number of aryl methyl sites for hydroxylation is 1. The number of hydrogen-bond acceptors (Lipinski definition) is 10. The minimum atomic E-state index is -5.07. The standard InChI is InChI=1S/C14H12ClF3N8O3S/c1-5-9(21-25-30-5)12(28)19-10-7(29-14(16,17)18)4-3-6(8(10)15)11(27)20-13-22-23-24-26(13)2/h3-4,23-24H,1-2H3,(H,19,28)(H,20,22,27). The lowest BCUT2D eigenvalue weighted by Crippen LogP contribution is -2.45. The van der Waals surface area contributed by atoms with E-state index in [1.165, 1.54) is 12.1 Å². The van der Waals surface area contributed by atoms with Gasteiger partial charge in [0.05, 0.1) is 15.5 Å². The number of hydrazine groups is 2. The lowest BCUT2D eigenvalue weighted by Gasteiger charge is -2.18. The summed E-state index contributed by atoms with van der Waals surface area (Å²) in [6.07, 6.45) is -5.07. The van der Waals surface area contributed by atoms with Gasteiger partial charge in [0.15, 0.2) is 11.4 Å². The molecule has 0 radical (unpaired) electrons. The number of carbonyl (C=O) groups is 2. The van der Waals surface area contributed by atoms with Crippen LogP contribution in [0.5, 0.6) is 5.75 Å². The van der Waals surface area contributed by atoms with Gasteiger partial charge in [-0.3, -0.25) is 19.9 Å². The molecule has 3 rings (SSSR count). The number of carbonyl (C=O) groups excluding carboxylic acids is 2. The van der Waals surface area contributed by atoms with Gasteiger partial charge in [-0.05, 0) is 30.6 Å².